The van der Waals surface area contributed by atoms with E-state index in [1.807, 2.05) is 5.57 Å². The fraction of sp³-hybridized carbons (Fsp3) is 0.854. The van der Waals surface area contributed by atoms with Crippen molar-refractivity contribution in [2.75, 3.05) is 13.6 Å². The Morgan fingerprint density at radius 3 is 0.978 bits per heavy atom. The van der Waals surface area contributed by atoms with Gasteiger partial charge >= 0.3 is 17.9 Å². The standard InChI is InChI=1S/C82H122O9/c1-44(2)48-22-26-57-69-53(65-49(45(3)4)21-25-56-68(65)52(64(48)69)37-60-75(56,9)29-17-33-79(60,13)72(85)88-41-83)38-61-76(57,10)30-18-34-80(61,14)73(86)89-43-90-74(87)81(15)35-19-31-77(11)58-27-23-51(47(7)8)67-55-40-63-78(12,32-20-36-82(63,16)91-42-84)59-28-24-50(46(5)6)66(71(55)59)54(70(58)67)39-62(77)81/h42,44-47,52-63,68-71,83H,17-41,43H2,1-16H3. The van der Waals surface area contributed by atoms with Crippen LogP contribution in [-0.4, -0.2) is 48.7 Å². The molecule has 0 heterocycles. The van der Waals surface area contributed by atoms with Gasteiger partial charge in [0, 0.05) is 5.92 Å². The molecule has 0 aromatic rings. The van der Waals surface area contributed by atoms with Crippen LogP contribution >= 0.6 is 0 Å². The Morgan fingerprint density at radius 2 is 0.692 bits per heavy atom. The van der Waals surface area contributed by atoms with Gasteiger partial charge in [-0.2, -0.15) is 0 Å². The zero-order chi connectivity index (χ0) is 64.8. The number of ether oxygens (including phenoxy) is 4. The summed E-state index contributed by atoms with van der Waals surface area (Å²) in [6.07, 6.45) is 25.3. The molecule has 24 unspecified atom stereocenters. The van der Waals surface area contributed by atoms with Gasteiger partial charge in [-0.1, -0.05) is 147 Å². The number of aliphatic hydroxyl groups excluding tert-OH is 1. The summed E-state index contributed by atoms with van der Waals surface area (Å²) in [6, 6.07) is 0. The van der Waals surface area contributed by atoms with E-state index in [9.17, 15) is 14.7 Å². The minimum atomic E-state index is -0.725. The highest BCUT2D eigenvalue weighted by Gasteiger charge is 2.73. The van der Waals surface area contributed by atoms with Gasteiger partial charge in [-0.15, -0.1) is 0 Å². The van der Waals surface area contributed by atoms with E-state index in [4.69, 9.17) is 18.9 Å². The van der Waals surface area contributed by atoms with E-state index in [1.54, 1.807) is 39.0 Å². The summed E-state index contributed by atoms with van der Waals surface area (Å²) < 4.78 is 25.1. The van der Waals surface area contributed by atoms with Gasteiger partial charge in [-0.05, 0) is 297 Å². The molecule has 0 aromatic carbocycles. The maximum atomic E-state index is 15.7. The van der Waals surface area contributed by atoms with Gasteiger partial charge in [-0.25, -0.2) is 0 Å². The topological polar surface area (TPSA) is 125 Å². The van der Waals surface area contributed by atoms with Gasteiger partial charge in [0.1, 0.15) is 5.60 Å². The minimum Gasteiger partial charge on any atom is -0.461 e. The lowest BCUT2D eigenvalue weighted by molar-refractivity contribution is -0.206. The van der Waals surface area contributed by atoms with Crippen molar-refractivity contribution in [3.63, 3.8) is 0 Å². The van der Waals surface area contributed by atoms with Crippen molar-refractivity contribution in [3.8, 4) is 0 Å². The monoisotopic (exact) mass is 1250 g/mol. The molecule has 14 rings (SSSR count). The van der Waals surface area contributed by atoms with Gasteiger partial charge in [-0.3, -0.25) is 19.2 Å². The molecule has 14 aliphatic carbocycles. The van der Waals surface area contributed by atoms with Crippen LogP contribution < -0.4 is 0 Å². The molecule has 24 atom stereocenters. The number of esters is 3. The summed E-state index contributed by atoms with van der Waals surface area (Å²) in [5.74, 6) is 7.36. The van der Waals surface area contributed by atoms with E-state index in [-0.39, 0.29) is 64.1 Å². The lowest BCUT2D eigenvalue weighted by atomic mass is 9.34. The average Bonchev–Trinajstić information content (AvgIpc) is 0.680. The maximum Gasteiger partial charge on any atom is 0.314 e. The molecule has 0 aromatic heterocycles. The van der Waals surface area contributed by atoms with Gasteiger partial charge in [0.15, 0.2) is 6.79 Å². The highest BCUT2D eigenvalue weighted by atomic mass is 16.7. The zero-order valence-corrected chi connectivity index (χ0v) is 59.7. The van der Waals surface area contributed by atoms with E-state index in [1.165, 1.54) is 19.3 Å². The summed E-state index contributed by atoms with van der Waals surface area (Å²) >= 11 is 0. The molecule has 504 valence electrons. The predicted molar refractivity (Wildman–Crippen MR) is 357 cm³/mol. The second-order valence-corrected chi connectivity index (χ2v) is 37.6. The Labute approximate surface area is 549 Å². The Kier molecular flexibility index (Phi) is 16.0. The molecule has 0 saturated heterocycles. The molecule has 0 aliphatic heterocycles. The van der Waals surface area contributed by atoms with E-state index in [0.717, 1.165) is 141 Å². The highest BCUT2D eigenvalue weighted by molar-refractivity contribution is 5.79. The number of carbonyl (C=O) groups is 4. The van der Waals surface area contributed by atoms with Crippen molar-refractivity contribution in [2.45, 2.75) is 270 Å². The first-order valence-electron chi connectivity index (χ1n) is 38.2. The second kappa shape index (κ2) is 22.4. The van der Waals surface area contributed by atoms with Crippen LogP contribution in [0.1, 0.15) is 265 Å². The summed E-state index contributed by atoms with van der Waals surface area (Å²) in [5, 5.41) is 10.0. The SMILES string of the molecule is CC(C)C1=C2C3CC4C(C)(C(=O)OCOC(=O)C5(C)CCCC6(C)C7CCC(C(C)C)=C8C9CC%10C(C)(C(=O)OCO)CCCC%10(C)C%10CCC(C(C)C)=C(C(CC56)C87)C9%10)CCCC4(C)C4CCC(C(C)C)=C(C5CC6C(C)(OC=O)CCCC6(C)C(CC1)C25)C34. The fourth-order valence-corrected chi connectivity index (χ4v) is 29.7. The fourth-order valence-electron chi connectivity index (χ4n) is 29.7. The highest BCUT2D eigenvalue weighted by Crippen LogP contribution is 2.79. The molecule has 1 N–H and O–H groups in total. The van der Waals surface area contributed by atoms with Gasteiger partial charge < -0.3 is 24.1 Å². The number of allylic oxidation sites excluding steroid dienone is 8. The molecule has 10 fully saturated rings. The van der Waals surface area contributed by atoms with Crippen molar-refractivity contribution in [1.82, 2.24) is 0 Å². The first kappa shape index (κ1) is 65.1. The molecule has 0 amide bonds. The van der Waals surface area contributed by atoms with E-state index in [2.05, 4.69) is 111 Å². The first-order chi connectivity index (χ1) is 43.0. The van der Waals surface area contributed by atoms with Gasteiger partial charge in [0.25, 0.3) is 6.47 Å². The summed E-state index contributed by atoms with van der Waals surface area (Å²) in [4.78, 5) is 58.0. The number of aliphatic hydroxyl groups is 1. The van der Waals surface area contributed by atoms with Gasteiger partial charge in [0.2, 0.25) is 6.79 Å². The normalized spacial score (nSPS) is 48.5. The summed E-state index contributed by atoms with van der Waals surface area (Å²) in [5.41, 5.74) is 11.4. The van der Waals surface area contributed by atoms with Crippen LogP contribution in [0, 0.1) is 156 Å². The second-order valence-electron chi connectivity index (χ2n) is 37.6. The summed E-state index contributed by atoms with van der Waals surface area (Å²) in [6.45, 7) is 38.8. The average molecular weight is 1250 g/mol. The van der Waals surface area contributed by atoms with Crippen molar-refractivity contribution in [2.24, 2.45) is 156 Å². The van der Waals surface area contributed by atoms with Crippen molar-refractivity contribution in [1.29, 1.82) is 0 Å². The van der Waals surface area contributed by atoms with Crippen LogP contribution in [0.4, 0.5) is 0 Å². The third kappa shape index (κ3) is 8.97. The van der Waals surface area contributed by atoms with Crippen LogP contribution in [0.3, 0.4) is 0 Å². The molecule has 91 heavy (non-hydrogen) atoms. The van der Waals surface area contributed by atoms with Gasteiger partial charge in [0.05, 0.1) is 16.2 Å². The number of rotatable bonds is 12. The Bertz CT molecular complexity index is 3100. The molecule has 10 saturated carbocycles. The first-order valence-corrected chi connectivity index (χ1v) is 38.2. The number of fused-ring (bicyclic) bond motifs is 12. The van der Waals surface area contributed by atoms with Crippen molar-refractivity contribution < 1.29 is 43.2 Å². The Balaban J connectivity index is 0.761. The maximum absolute atomic E-state index is 15.7. The Hall–Kier alpha value is -3.20. The Morgan fingerprint density at radius 1 is 0.418 bits per heavy atom. The molecular weight excluding hydrogens is 1130 g/mol. The molecule has 0 radical (unpaired) electrons. The quantitative estimate of drug-likeness (QED) is 0.0668. The van der Waals surface area contributed by atoms with Crippen LogP contribution in [0.25, 0.3) is 0 Å². The smallest absolute Gasteiger partial charge is 0.314 e. The number of hydrogen-bond donors (Lipinski definition) is 1. The molecular formula is C82H122O9. The van der Waals surface area contributed by atoms with Crippen LogP contribution in [0.5, 0.6) is 0 Å². The van der Waals surface area contributed by atoms with E-state index < -0.39 is 28.6 Å². The largest absolute Gasteiger partial charge is 0.461 e. The zero-order valence-electron chi connectivity index (χ0n) is 59.7. The summed E-state index contributed by atoms with van der Waals surface area (Å²) in [7, 11) is 0. The molecule has 9 heteroatoms. The molecule has 14 aliphatic rings. The lowest BCUT2D eigenvalue weighted by Gasteiger charge is -2.70. The van der Waals surface area contributed by atoms with Crippen LogP contribution in [0.2, 0.25) is 0 Å². The van der Waals surface area contributed by atoms with Crippen LogP contribution in [0.15, 0.2) is 44.6 Å². The molecule has 0 bridgehead atoms. The predicted octanol–water partition coefficient (Wildman–Crippen LogP) is 18.7. The third-order valence-corrected chi connectivity index (χ3v) is 33.2. The van der Waals surface area contributed by atoms with Crippen LogP contribution in [-0.2, 0) is 38.1 Å². The van der Waals surface area contributed by atoms with E-state index >= 15 is 9.59 Å². The third-order valence-electron chi connectivity index (χ3n) is 33.2. The minimum absolute atomic E-state index is 0.0279. The van der Waals surface area contributed by atoms with E-state index in [0.29, 0.717) is 101 Å². The molecule has 9 nitrogen and oxygen atoms in total. The number of carbonyl (C=O) groups excluding carboxylic acids is 4. The van der Waals surface area contributed by atoms with Crippen molar-refractivity contribution in [3.05, 3.63) is 44.6 Å². The van der Waals surface area contributed by atoms with Crippen molar-refractivity contribution >= 4 is 24.4 Å². The number of hydrogen-bond acceptors (Lipinski definition) is 9. The molecule has 0 spiro atoms. The lowest BCUT2D eigenvalue weighted by Crippen LogP contribution is -2.65.